The summed E-state index contributed by atoms with van der Waals surface area (Å²) in [6.07, 6.45) is -3.40. The Morgan fingerprint density at radius 2 is 1.68 bits per heavy atom. The van der Waals surface area contributed by atoms with Crippen LogP contribution in [0.1, 0.15) is 34.5 Å². The standard InChI is InChI=1S/C17H16F3NO3S/c1-11(13-4-3-5-14(10-13)17(18,19)20)21-16(22)12-6-8-15(9-7-12)25(2,23)24/h3-11H,1-2H3,(H,21,22)/t11-/m0/s1. The van der Waals surface area contributed by atoms with Crippen LogP contribution in [0.2, 0.25) is 0 Å². The highest BCUT2D eigenvalue weighted by Gasteiger charge is 2.30. The van der Waals surface area contributed by atoms with Gasteiger partial charge in [0.2, 0.25) is 0 Å². The molecule has 1 N–H and O–H groups in total. The van der Waals surface area contributed by atoms with Crippen molar-refractivity contribution in [1.82, 2.24) is 5.32 Å². The zero-order chi connectivity index (χ0) is 18.8. The van der Waals surface area contributed by atoms with Gasteiger partial charge in [-0.05, 0) is 48.9 Å². The average molecular weight is 371 g/mol. The molecule has 2 aromatic carbocycles. The third-order valence-corrected chi connectivity index (χ3v) is 4.73. The Labute approximate surface area is 143 Å². The van der Waals surface area contributed by atoms with E-state index in [1.807, 2.05) is 0 Å². The molecule has 0 unspecified atom stereocenters. The number of nitrogens with one attached hydrogen (secondary N) is 1. The van der Waals surface area contributed by atoms with E-state index in [1.165, 1.54) is 36.4 Å². The first-order valence-electron chi connectivity index (χ1n) is 7.26. The molecule has 0 saturated heterocycles. The van der Waals surface area contributed by atoms with Crippen LogP contribution in [0.5, 0.6) is 0 Å². The molecule has 0 radical (unpaired) electrons. The van der Waals surface area contributed by atoms with Gasteiger partial charge in [0.1, 0.15) is 0 Å². The van der Waals surface area contributed by atoms with Gasteiger partial charge in [-0.25, -0.2) is 8.42 Å². The lowest BCUT2D eigenvalue weighted by Gasteiger charge is -2.16. The summed E-state index contributed by atoms with van der Waals surface area (Å²) in [6, 6.07) is 9.38. The van der Waals surface area contributed by atoms with Gasteiger partial charge in [-0.15, -0.1) is 0 Å². The third kappa shape index (κ3) is 4.82. The van der Waals surface area contributed by atoms with Gasteiger partial charge in [0, 0.05) is 11.8 Å². The lowest BCUT2D eigenvalue weighted by atomic mass is 10.0. The second-order valence-corrected chi connectivity index (χ2v) is 7.63. The molecule has 1 atom stereocenters. The molecule has 1 amide bonds. The molecule has 8 heteroatoms. The summed E-state index contributed by atoms with van der Waals surface area (Å²) in [6.45, 7) is 1.57. The van der Waals surface area contributed by atoms with Crippen LogP contribution in [0.15, 0.2) is 53.4 Å². The zero-order valence-electron chi connectivity index (χ0n) is 13.5. The maximum Gasteiger partial charge on any atom is 0.416 e. The van der Waals surface area contributed by atoms with Crippen molar-refractivity contribution in [1.29, 1.82) is 0 Å². The average Bonchev–Trinajstić information content (AvgIpc) is 2.53. The number of alkyl halides is 3. The molecule has 0 heterocycles. The van der Waals surface area contributed by atoms with E-state index in [9.17, 15) is 26.4 Å². The van der Waals surface area contributed by atoms with Crippen LogP contribution in [0.25, 0.3) is 0 Å². The van der Waals surface area contributed by atoms with E-state index in [1.54, 1.807) is 6.92 Å². The smallest absolute Gasteiger partial charge is 0.346 e. The molecule has 4 nitrogen and oxygen atoms in total. The molecule has 0 aromatic heterocycles. The van der Waals surface area contributed by atoms with Gasteiger partial charge in [0.05, 0.1) is 16.5 Å². The zero-order valence-corrected chi connectivity index (χ0v) is 14.3. The second kappa shape index (κ2) is 6.87. The van der Waals surface area contributed by atoms with E-state index in [2.05, 4.69) is 5.32 Å². The predicted molar refractivity (Wildman–Crippen MR) is 86.9 cm³/mol. The largest absolute Gasteiger partial charge is 0.416 e. The number of hydrogen-bond acceptors (Lipinski definition) is 3. The van der Waals surface area contributed by atoms with Crippen LogP contribution in [-0.4, -0.2) is 20.6 Å². The van der Waals surface area contributed by atoms with Crippen LogP contribution in [-0.2, 0) is 16.0 Å². The topological polar surface area (TPSA) is 63.2 Å². The summed E-state index contributed by atoms with van der Waals surface area (Å²) in [5.41, 5.74) is -0.259. The molecule has 134 valence electrons. The molecule has 0 aliphatic carbocycles. The third-order valence-electron chi connectivity index (χ3n) is 3.61. The van der Waals surface area contributed by atoms with Crippen molar-refractivity contribution in [3.63, 3.8) is 0 Å². The van der Waals surface area contributed by atoms with E-state index in [4.69, 9.17) is 0 Å². The Hall–Kier alpha value is -2.35. The highest BCUT2D eigenvalue weighted by Crippen LogP contribution is 2.30. The first-order chi connectivity index (χ1) is 11.5. The van der Waals surface area contributed by atoms with Gasteiger partial charge in [-0.2, -0.15) is 13.2 Å². The number of carbonyl (C=O) groups excluding carboxylic acids is 1. The number of amides is 1. The van der Waals surface area contributed by atoms with E-state index >= 15 is 0 Å². The first kappa shape index (κ1) is 19.0. The summed E-state index contributed by atoms with van der Waals surface area (Å²) in [5, 5.41) is 2.59. The van der Waals surface area contributed by atoms with Gasteiger partial charge in [-0.1, -0.05) is 12.1 Å². The Bertz CT molecular complexity index is 875. The predicted octanol–water partition coefficient (Wildman–Crippen LogP) is 3.60. The van der Waals surface area contributed by atoms with Gasteiger partial charge >= 0.3 is 6.18 Å². The van der Waals surface area contributed by atoms with Gasteiger partial charge in [0.25, 0.3) is 5.91 Å². The van der Waals surface area contributed by atoms with E-state index in [0.29, 0.717) is 5.56 Å². The van der Waals surface area contributed by atoms with Crippen LogP contribution in [0.4, 0.5) is 13.2 Å². The lowest BCUT2D eigenvalue weighted by molar-refractivity contribution is -0.137. The Morgan fingerprint density at radius 3 is 2.20 bits per heavy atom. The minimum absolute atomic E-state index is 0.0787. The van der Waals surface area contributed by atoms with Crippen molar-refractivity contribution in [3.05, 3.63) is 65.2 Å². The minimum atomic E-state index is -4.46. The monoisotopic (exact) mass is 371 g/mol. The fraction of sp³-hybridized carbons (Fsp3) is 0.235. The molecule has 2 rings (SSSR count). The number of benzene rings is 2. The van der Waals surface area contributed by atoms with Gasteiger partial charge < -0.3 is 5.32 Å². The number of rotatable bonds is 4. The van der Waals surface area contributed by atoms with Crippen LogP contribution in [0, 0.1) is 0 Å². The molecule has 0 saturated carbocycles. The SMILES string of the molecule is C[C@H](NC(=O)c1ccc(S(C)(=O)=O)cc1)c1cccc(C(F)(F)F)c1. The molecule has 2 aromatic rings. The van der Waals surface area contributed by atoms with Crippen molar-refractivity contribution in [2.24, 2.45) is 0 Å². The number of sulfone groups is 1. The lowest BCUT2D eigenvalue weighted by Crippen LogP contribution is -2.26. The summed E-state index contributed by atoms with van der Waals surface area (Å²) in [7, 11) is -3.37. The molecule has 0 fully saturated rings. The molecular weight excluding hydrogens is 355 g/mol. The first-order valence-corrected chi connectivity index (χ1v) is 9.16. The summed E-state index contributed by atoms with van der Waals surface area (Å²) in [4.78, 5) is 12.3. The number of carbonyl (C=O) groups is 1. The van der Waals surface area contributed by atoms with E-state index in [-0.39, 0.29) is 10.5 Å². The van der Waals surface area contributed by atoms with Crippen LogP contribution < -0.4 is 5.32 Å². The normalized spacial score (nSPS) is 13.3. The summed E-state index contributed by atoms with van der Waals surface area (Å²) in [5.74, 6) is -0.509. The van der Waals surface area contributed by atoms with Crippen molar-refractivity contribution >= 4 is 15.7 Å². The highest BCUT2D eigenvalue weighted by atomic mass is 32.2. The Balaban J connectivity index is 2.15. The quantitative estimate of drug-likeness (QED) is 0.893. The van der Waals surface area contributed by atoms with Crippen molar-refractivity contribution < 1.29 is 26.4 Å². The second-order valence-electron chi connectivity index (χ2n) is 5.61. The van der Waals surface area contributed by atoms with Crippen molar-refractivity contribution in [2.45, 2.75) is 24.0 Å². The maximum atomic E-state index is 12.8. The van der Waals surface area contributed by atoms with Gasteiger partial charge in [0.15, 0.2) is 9.84 Å². The van der Waals surface area contributed by atoms with E-state index in [0.717, 1.165) is 18.4 Å². The molecule has 0 aliphatic heterocycles. The fourth-order valence-electron chi connectivity index (χ4n) is 2.20. The van der Waals surface area contributed by atoms with Crippen molar-refractivity contribution in [3.8, 4) is 0 Å². The molecule has 0 bridgehead atoms. The molecule has 25 heavy (non-hydrogen) atoms. The van der Waals surface area contributed by atoms with Gasteiger partial charge in [-0.3, -0.25) is 4.79 Å². The van der Waals surface area contributed by atoms with Crippen LogP contribution >= 0.6 is 0 Å². The molecular formula is C17H16F3NO3S. The maximum absolute atomic E-state index is 12.8. The summed E-state index contributed by atoms with van der Waals surface area (Å²) < 4.78 is 61.1. The Morgan fingerprint density at radius 1 is 1.08 bits per heavy atom. The van der Waals surface area contributed by atoms with Crippen molar-refractivity contribution in [2.75, 3.05) is 6.26 Å². The number of halogens is 3. The van der Waals surface area contributed by atoms with E-state index < -0.39 is 33.5 Å². The molecule has 0 aliphatic rings. The summed E-state index contributed by atoms with van der Waals surface area (Å²) >= 11 is 0. The van der Waals surface area contributed by atoms with Crippen LogP contribution in [0.3, 0.4) is 0 Å². The number of hydrogen-bond donors (Lipinski definition) is 1. The highest BCUT2D eigenvalue weighted by molar-refractivity contribution is 7.90. The fourth-order valence-corrected chi connectivity index (χ4v) is 2.83. The Kier molecular flexibility index (Phi) is 5.22. The minimum Gasteiger partial charge on any atom is -0.346 e. The molecule has 0 spiro atoms.